The van der Waals surface area contributed by atoms with Crippen LogP contribution in [0.25, 0.3) is 0 Å². The Bertz CT molecular complexity index is 330. The van der Waals surface area contributed by atoms with Crippen molar-refractivity contribution in [2.24, 2.45) is 5.73 Å². The zero-order valence-electron chi connectivity index (χ0n) is 7.83. The number of hydrogen-bond acceptors (Lipinski definition) is 3. The first-order valence-electron chi connectivity index (χ1n) is 4.23. The summed E-state index contributed by atoms with van der Waals surface area (Å²) in [6.07, 6.45) is 3.71. The van der Waals surface area contributed by atoms with Gasteiger partial charge in [-0.3, -0.25) is 9.78 Å². The van der Waals surface area contributed by atoms with Crippen LogP contribution in [0.1, 0.15) is 13.3 Å². The fraction of sp³-hybridized carbons (Fsp3) is 0.333. The van der Waals surface area contributed by atoms with Crippen molar-refractivity contribution >= 4 is 27.5 Å². The van der Waals surface area contributed by atoms with Gasteiger partial charge in [0, 0.05) is 23.1 Å². The number of aromatic nitrogens is 1. The molecule has 0 aliphatic carbocycles. The molecular weight excluding hydrogens is 246 g/mol. The van der Waals surface area contributed by atoms with E-state index in [4.69, 9.17) is 5.73 Å². The quantitative estimate of drug-likeness (QED) is 0.860. The number of carbonyl (C=O) groups excluding carboxylic acids is 1. The lowest BCUT2D eigenvalue weighted by Crippen LogP contribution is -2.23. The molecule has 1 heterocycles. The minimum Gasteiger partial charge on any atom is -0.381 e. The highest BCUT2D eigenvalue weighted by Crippen LogP contribution is 2.14. The summed E-state index contributed by atoms with van der Waals surface area (Å²) in [5, 5.41) is 3.12. The van der Waals surface area contributed by atoms with Crippen molar-refractivity contribution in [2.75, 3.05) is 5.32 Å². The summed E-state index contributed by atoms with van der Waals surface area (Å²) in [4.78, 5) is 14.6. The molecule has 5 heteroatoms. The maximum atomic E-state index is 10.6. The second-order valence-electron chi connectivity index (χ2n) is 3.11. The summed E-state index contributed by atoms with van der Waals surface area (Å²) in [5.41, 5.74) is 5.94. The smallest absolute Gasteiger partial charge is 0.219 e. The molecule has 3 N–H and O–H groups in total. The Morgan fingerprint density at radius 1 is 1.71 bits per heavy atom. The predicted octanol–water partition coefficient (Wildman–Crippen LogP) is 1.52. The van der Waals surface area contributed by atoms with E-state index in [1.165, 1.54) is 0 Å². The van der Waals surface area contributed by atoms with E-state index in [-0.39, 0.29) is 11.9 Å². The number of rotatable bonds is 4. The van der Waals surface area contributed by atoms with Crippen molar-refractivity contribution in [1.82, 2.24) is 4.98 Å². The van der Waals surface area contributed by atoms with E-state index < -0.39 is 0 Å². The third-order valence-corrected chi connectivity index (χ3v) is 2.06. The fourth-order valence-corrected chi connectivity index (χ4v) is 1.49. The standard InChI is InChI=1S/C9H12BrN3O/c1-6(2-9(11)14)13-8-3-7(10)4-12-5-8/h3-6,13H,2H2,1H3,(H2,11,14). The van der Waals surface area contributed by atoms with E-state index in [1.54, 1.807) is 12.4 Å². The molecular formula is C9H12BrN3O. The first-order chi connectivity index (χ1) is 6.58. The van der Waals surface area contributed by atoms with E-state index >= 15 is 0 Å². The number of halogens is 1. The molecule has 0 bridgehead atoms. The molecule has 0 saturated heterocycles. The van der Waals surface area contributed by atoms with E-state index in [1.807, 2.05) is 13.0 Å². The van der Waals surface area contributed by atoms with Gasteiger partial charge in [0.15, 0.2) is 0 Å². The Kier molecular flexibility index (Phi) is 3.88. The summed E-state index contributed by atoms with van der Waals surface area (Å²) >= 11 is 3.31. The zero-order valence-corrected chi connectivity index (χ0v) is 9.41. The van der Waals surface area contributed by atoms with Crippen LogP contribution in [0.2, 0.25) is 0 Å². The molecule has 0 fully saturated rings. The van der Waals surface area contributed by atoms with Crippen LogP contribution in [0.5, 0.6) is 0 Å². The molecule has 0 aliphatic heterocycles. The monoisotopic (exact) mass is 257 g/mol. The second kappa shape index (κ2) is 4.95. The highest BCUT2D eigenvalue weighted by Gasteiger charge is 2.05. The molecule has 4 nitrogen and oxygen atoms in total. The van der Waals surface area contributed by atoms with Crippen LogP contribution in [0, 0.1) is 0 Å². The Morgan fingerprint density at radius 3 is 3.00 bits per heavy atom. The summed E-state index contributed by atoms with van der Waals surface area (Å²) in [7, 11) is 0. The van der Waals surface area contributed by atoms with Gasteiger partial charge in [-0.2, -0.15) is 0 Å². The number of anilines is 1. The second-order valence-corrected chi connectivity index (χ2v) is 4.02. The summed E-state index contributed by atoms with van der Waals surface area (Å²) in [5.74, 6) is -0.312. The number of hydrogen-bond donors (Lipinski definition) is 2. The molecule has 1 aromatic rings. The number of nitrogens with one attached hydrogen (secondary N) is 1. The minimum absolute atomic E-state index is 0.0172. The van der Waals surface area contributed by atoms with Gasteiger partial charge in [0.1, 0.15) is 0 Å². The van der Waals surface area contributed by atoms with Gasteiger partial charge in [-0.25, -0.2) is 0 Å². The Hall–Kier alpha value is -1.10. The highest BCUT2D eigenvalue weighted by atomic mass is 79.9. The van der Waals surface area contributed by atoms with Gasteiger partial charge < -0.3 is 11.1 Å². The van der Waals surface area contributed by atoms with Crippen LogP contribution in [-0.2, 0) is 4.79 Å². The van der Waals surface area contributed by atoms with Crippen LogP contribution >= 0.6 is 15.9 Å². The molecule has 1 aromatic heterocycles. The number of nitrogens with two attached hydrogens (primary N) is 1. The molecule has 0 saturated carbocycles. The maximum absolute atomic E-state index is 10.6. The van der Waals surface area contributed by atoms with E-state index in [9.17, 15) is 4.79 Å². The average Bonchev–Trinajstić information content (AvgIpc) is 2.01. The van der Waals surface area contributed by atoms with Gasteiger partial charge in [0.2, 0.25) is 5.91 Å². The maximum Gasteiger partial charge on any atom is 0.219 e. The van der Waals surface area contributed by atoms with Crippen molar-refractivity contribution in [3.8, 4) is 0 Å². The summed E-state index contributed by atoms with van der Waals surface area (Å²) < 4.78 is 0.897. The molecule has 0 spiro atoms. The van der Waals surface area contributed by atoms with E-state index in [0.29, 0.717) is 6.42 Å². The molecule has 0 radical (unpaired) electrons. The Balaban J connectivity index is 2.55. The van der Waals surface area contributed by atoms with Crippen LogP contribution in [-0.4, -0.2) is 16.9 Å². The molecule has 1 atom stereocenters. The average molecular weight is 258 g/mol. The van der Waals surface area contributed by atoms with Crippen molar-refractivity contribution in [2.45, 2.75) is 19.4 Å². The normalized spacial score (nSPS) is 12.1. The molecule has 0 aromatic carbocycles. The number of amides is 1. The number of nitrogens with zero attached hydrogens (tertiary/aromatic N) is 1. The molecule has 76 valence electrons. The lowest BCUT2D eigenvalue weighted by atomic mass is 10.2. The minimum atomic E-state index is -0.312. The molecule has 1 unspecified atom stereocenters. The van der Waals surface area contributed by atoms with Crippen LogP contribution in [0.4, 0.5) is 5.69 Å². The SMILES string of the molecule is CC(CC(N)=O)Nc1cncc(Br)c1. The van der Waals surface area contributed by atoms with Crippen molar-refractivity contribution < 1.29 is 4.79 Å². The summed E-state index contributed by atoms with van der Waals surface area (Å²) in [6, 6.07) is 1.91. The molecule has 1 rings (SSSR count). The largest absolute Gasteiger partial charge is 0.381 e. The predicted molar refractivity (Wildman–Crippen MR) is 58.8 cm³/mol. The van der Waals surface area contributed by atoms with E-state index in [2.05, 4.69) is 26.2 Å². The number of primary amides is 1. The van der Waals surface area contributed by atoms with Gasteiger partial charge >= 0.3 is 0 Å². The summed E-state index contributed by atoms with van der Waals surface area (Å²) in [6.45, 7) is 1.89. The number of pyridine rings is 1. The van der Waals surface area contributed by atoms with Gasteiger partial charge in [0.05, 0.1) is 11.9 Å². The van der Waals surface area contributed by atoms with Crippen molar-refractivity contribution in [3.63, 3.8) is 0 Å². The van der Waals surface area contributed by atoms with Crippen LogP contribution < -0.4 is 11.1 Å². The third kappa shape index (κ3) is 3.74. The van der Waals surface area contributed by atoms with Gasteiger partial charge in [-0.15, -0.1) is 0 Å². The van der Waals surface area contributed by atoms with Crippen molar-refractivity contribution in [3.05, 3.63) is 22.9 Å². The third-order valence-electron chi connectivity index (χ3n) is 1.63. The highest BCUT2D eigenvalue weighted by molar-refractivity contribution is 9.10. The molecule has 14 heavy (non-hydrogen) atoms. The number of carbonyl (C=O) groups is 1. The Labute approximate surface area is 91.0 Å². The lowest BCUT2D eigenvalue weighted by molar-refractivity contribution is -0.118. The first-order valence-corrected chi connectivity index (χ1v) is 5.02. The van der Waals surface area contributed by atoms with Gasteiger partial charge in [-0.05, 0) is 28.9 Å². The Morgan fingerprint density at radius 2 is 2.43 bits per heavy atom. The van der Waals surface area contributed by atoms with Crippen LogP contribution in [0.3, 0.4) is 0 Å². The van der Waals surface area contributed by atoms with Gasteiger partial charge in [0.25, 0.3) is 0 Å². The molecule has 1 amide bonds. The zero-order chi connectivity index (χ0) is 10.6. The lowest BCUT2D eigenvalue weighted by Gasteiger charge is -2.12. The molecule has 0 aliphatic rings. The van der Waals surface area contributed by atoms with Crippen LogP contribution in [0.15, 0.2) is 22.9 Å². The fourth-order valence-electron chi connectivity index (χ4n) is 1.13. The topological polar surface area (TPSA) is 68.0 Å². The van der Waals surface area contributed by atoms with Crippen molar-refractivity contribution in [1.29, 1.82) is 0 Å². The first kappa shape index (κ1) is 11.0. The van der Waals surface area contributed by atoms with E-state index in [0.717, 1.165) is 10.2 Å². The van der Waals surface area contributed by atoms with Gasteiger partial charge in [-0.1, -0.05) is 0 Å².